The van der Waals surface area contributed by atoms with E-state index in [1.165, 1.54) is 0 Å². The fourth-order valence-corrected chi connectivity index (χ4v) is 3.72. The number of hydrogen-bond acceptors (Lipinski definition) is 5. The zero-order chi connectivity index (χ0) is 15.8. The van der Waals surface area contributed by atoms with E-state index < -0.39 is 0 Å². The molecule has 1 amide bonds. The maximum atomic E-state index is 12.4. The summed E-state index contributed by atoms with van der Waals surface area (Å²) in [5, 5.41) is 12.2. The van der Waals surface area contributed by atoms with Crippen molar-refractivity contribution in [3.8, 4) is 0 Å². The first-order chi connectivity index (χ1) is 11.2. The van der Waals surface area contributed by atoms with Crippen molar-refractivity contribution in [2.75, 3.05) is 5.32 Å². The lowest BCUT2D eigenvalue weighted by Crippen LogP contribution is -2.17. The molecule has 6 heteroatoms. The van der Waals surface area contributed by atoms with Crippen LogP contribution in [-0.4, -0.2) is 21.1 Å². The molecule has 4 rings (SSSR count). The highest BCUT2D eigenvalue weighted by molar-refractivity contribution is 7.18. The summed E-state index contributed by atoms with van der Waals surface area (Å²) in [5.74, 6) is -0.225. The zero-order valence-corrected chi connectivity index (χ0v) is 13.6. The molecule has 5 nitrogen and oxygen atoms in total. The maximum Gasteiger partial charge on any atom is 0.276 e. The normalized spacial score (nSPS) is 13.8. The van der Waals surface area contributed by atoms with Crippen LogP contribution in [0.25, 0.3) is 10.2 Å². The van der Waals surface area contributed by atoms with E-state index in [0.717, 1.165) is 57.9 Å². The fourth-order valence-electron chi connectivity index (χ4n) is 2.92. The lowest BCUT2D eigenvalue weighted by Gasteiger charge is -2.14. The second kappa shape index (κ2) is 5.70. The van der Waals surface area contributed by atoms with Crippen molar-refractivity contribution in [1.82, 2.24) is 15.2 Å². The number of aryl methyl sites for hydroxylation is 3. The number of hydrogen-bond donors (Lipinski definition) is 1. The average molecular weight is 324 g/mol. The Hall–Kier alpha value is -2.34. The molecule has 0 unspecified atom stereocenters. The van der Waals surface area contributed by atoms with Crippen LogP contribution in [0.2, 0.25) is 0 Å². The number of aromatic nitrogens is 3. The van der Waals surface area contributed by atoms with Crippen molar-refractivity contribution in [2.24, 2.45) is 0 Å². The molecule has 0 saturated carbocycles. The third kappa shape index (κ3) is 2.82. The molecule has 0 radical (unpaired) electrons. The largest absolute Gasteiger partial charge is 0.321 e. The molecule has 0 bridgehead atoms. The molecule has 3 aromatic rings. The van der Waals surface area contributed by atoms with E-state index in [0.29, 0.717) is 5.69 Å². The number of nitrogens with zero attached hydrogens (tertiary/aromatic N) is 3. The quantitative estimate of drug-likeness (QED) is 0.783. The van der Waals surface area contributed by atoms with Gasteiger partial charge in [-0.1, -0.05) is 0 Å². The number of amides is 1. The fraction of sp³-hybridized carbons (Fsp3) is 0.294. The summed E-state index contributed by atoms with van der Waals surface area (Å²) in [6, 6.07) is 7.64. The van der Waals surface area contributed by atoms with Gasteiger partial charge >= 0.3 is 0 Å². The minimum Gasteiger partial charge on any atom is -0.321 e. The molecule has 2 aromatic heterocycles. The average Bonchev–Trinajstić information content (AvgIpc) is 2.93. The Morgan fingerprint density at radius 3 is 2.96 bits per heavy atom. The molecule has 0 fully saturated rings. The van der Waals surface area contributed by atoms with Gasteiger partial charge in [-0.05, 0) is 62.4 Å². The topological polar surface area (TPSA) is 67.8 Å². The van der Waals surface area contributed by atoms with Gasteiger partial charge in [-0.2, -0.15) is 5.10 Å². The maximum absolute atomic E-state index is 12.4. The number of fused-ring (bicyclic) bond motifs is 2. The van der Waals surface area contributed by atoms with Crippen LogP contribution in [0.4, 0.5) is 5.69 Å². The first-order valence-corrected chi connectivity index (χ1v) is 8.55. The summed E-state index contributed by atoms with van der Waals surface area (Å²) in [6.07, 6.45) is 4.25. The van der Waals surface area contributed by atoms with Gasteiger partial charge in [0.2, 0.25) is 0 Å². The monoisotopic (exact) mass is 324 g/mol. The molecule has 23 heavy (non-hydrogen) atoms. The molecule has 1 aliphatic rings. The van der Waals surface area contributed by atoms with E-state index in [-0.39, 0.29) is 5.91 Å². The smallest absolute Gasteiger partial charge is 0.276 e. The number of anilines is 1. The van der Waals surface area contributed by atoms with Crippen LogP contribution >= 0.6 is 11.3 Å². The van der Waals surface area contributed by atoms with Gasteiger partial charge in [0.1, 0.15) is 0 Å². The van der Waals surface area contributed by atoms with Crippen molar-refractivity contribution in [2.45, 2.75) is 32.6 Å². The van der Waals surface area contributed by atoms with Crippen LogP contribution in [-0.2, 0) is 12.8 Å². The Bertz CT molecular complexity index is 903. The number of benzene rings is 1. The molecular formula is C17H16N4OS. The third-order valence-corrected chi connectivity index (χ3v) is 5.01. The summed E-state index contributed by atoms with van der Waals surface area (Å²) < 4.78 is 1.12. The van der Waals surface area contributed by atoms with Crippen molar-refractivity contribution >= 4 is 33.1 Å². The molecule has 0 spiro atoms. The van der Waals surface area contributed by atoms with Crippen LogP contribution in [0.1, 0.15) is 39.6 Å². The van der Waals surface area contributed by atoms with E-state index in [2.05, 4.69) is 20.5 Å². The summed E-state index contributed by atoms with van der Waals surface area (Å²) in [4.78, 5) is 16.9. The summed E-state index contributed by atoms with van der Waals surface area (Å²) >= 11 is 1.65. The van der Waals surface area contributed by atoms with E-state index in [9.17, 15) is 4.79 Å². The minimum absolute atomic E-state index is 0.225. The number of nitrogens with one attached hydrogen (secondary N) is 1. The molecular weight excluding hydrogens is 308 g/mol. The van der Waals surface area contributed by atoms with Gasteiger partial charge in [0.15, 0.2) is 5.69 Å². The van der Waals surface area contributed by atoms with Crippen molar-refractivity contribution in [1.29, 1.82) is 0 Å². The van der Waals surface area contributed by atoms with E-state index in [4.69, 9.17) is 0 Å². The number of carbonyl (C=O) groups excluding carboxylic acids is 1. The highest BCUT2D eigenvalue weighted by atomic mass is 32.1. The molecule has 0 aliphatic heterocycles. The Kier molecular flexibility index (Phi) is 3.53. The van der Waals surface area contributed by atoms with Crippen LogP contribution in [0.3, 0.4) is 0 Å². The lowest BCUT2D eigenvalue weighted by atomic mass is 9.96. The van der Waals surface area contributed by atoms with Crippen LogP contribution < -0.4 is 5.32 Å². The van der Waals surface area contributed by atoms with Crippen LogP contribution in [0, 0.1) is 6.92 Å². The second-order valence-electron chi connectivity index (χ2n) is 5.78. The molecule has 2 heterocycles. The minimum atomic E-state index is -0.225. The highest BCUT2D eigenvalue weighted by Crippen LogP contribution is 2.25. The van der Waals surface area contributed by atoms with Crippen LogP contribution in [0.15, 0.2) is 24.3 Å². The van der Waals surface area contributed by atoms with E-state index in [1.54, 1.807) is 11.3 Å². The van der Waals surface area contributed by atoms with E-state index >= 15 is 0 Å². The first-order valence-electron chi connectivity index (χ1n) is 7.73. The molecule has 0 saturated heterocycles. The Morgan fingerprint density at radius 1 is 1.17 bits per heavy atom. The standard InChI is InChI=1S/C17H16N4OS/c1-10-18-14-9-12(6-7-16(14)23-10)19-17(22)15-8-11-4-2-3-5-13(11)20-21-15/h6-9H,2-5H2,1H3,(H,19,22). The number of carbonyl (C=O) groups is 1. The SMILES string of the molecule is Cc1nc2cc(NC(=O)c3cc4c(nn3)CCCC4)ccc2s1. The lowest BCUT2D eigenvalue weighted by molar-refractivity contribution is 0.102. The molecule has 116 valence electrons. The summed E-state index contributed by atoms with van der Waals surface area (Å²) in [5.41, 5.74) is 4.20. The van der Waals surface area contributed by atoms with Gasteiger partial charge in [-0.15, -0.1) is 16.4 Å². The third-order valence-electron chi connectivity index (χ3n) is 4.05. The Morgan fingerprint density at radius 2 is 2.04 bits per heavy atom. The van der Waals surface area contributed by atoms with Gasteiger partial charge < -0.3 is 5.32 Å². The number of thiazole rings is 1. The van der Waals surface area contributed by atoms with Crippen molar-refractivity contribution < 1.29 is 4.79 Å². The summed E-state index contributed by atoms with van der Waals surface area (Å²) in [7, 11) is 0. The zero-order valence-electron chi connectivity index (χ0n) is 12.8. The first kappa shape index (κ1) is 14.3. The molecule has 1 aliphatic carbocycles. The predicted molar refractivity (Wildman–Crippen MR) is 91.0 cm³/mol. The predicted octanol–water partition coefficient (Wildman–Crippen LogP) is 3.53. The van der Waals surface area contributed by atoms with Gasteiger partial charge in [0, 0.05) is 5.69 Å². The second-order valence-corrected chi connectivity index (χ2v) is 7.01. The number of rotatable bonds is 2. The summed E-state index contributed by atoms with van der Waals surface area (Å²) in [6.45, 7) is 1.98. The van der Waals surface area contributed by atoms with Crippen molar-refractivity contribution in [3.05, 3.63) is 46.2 Å². The van der Waals surface area contributed by atoms with E-state index in [1.807, 2.05) is 31.2 Å². The van der Waals surface area contributed by atoms with Crippen LogP contribution in [0.5, 0.6) is 0 Å². The van der Waals surface area contributed by atoms with Gasteiger partial charge in [0.25, 0.3) is 5.91 Å². The molecule has 0 atom stereocenters. The van der Waals surface area contributed by atoms with Gasteiger partial charge in [-0.3, -0.25) is 4.79 Å². The Labute approximate surface area is 137 Å². The van der Waals surface area contributed by atoms with Gasteiger partial charge in [0.05, 0.1) is 20.9 Å². The van der Waals surface area contributed by atoms with Gasteiger partial charge in [-0.25, -0.2) is 4.98 Å². The highest BCUT2D eigenvalue weighted by Gasteiger charge is 2.16. The molecule has 1 N–H and O–H groups in total. The Balaban J connectivity index is 1.58. The van der Waals surface area contributed by atoms with Crippen molar-refractivity contribution in [3.63, 3.8) is 0 Å². The molecule has 1 aromatic carbocycles.